The molecule has 10 heterocycles. The highest BCUT2D eigenvalue weighted by Gasteiger charge is 2.30. The number of aromatic nitrogens is 8. The molecule has 110 heavy (non-hydrogen) atoms. The zero-order valence-electron chi connectivity index (χ0n) is 58.6. The van der Waals surface area contributed by atoms with Crippen molar-refractivity contribution in [1.82, 2.24) is 37.9 Å². The minimum atomic E-state index is 0.689. The van der Waals surface area contributed by atoms with E-state index < -0.39 is 0 Å². The number of hydrogen-bond acceptors (Lipinski definition) is 6. The van der Waals surface area contributed by atoms with E-state index in [2.05, 4.69) is 346 Å². The SMILES string of the molecule is c1ccc(-c2nc(-n3c4cc5c6ccccc6n6c7ccc(-c8cccc(-c9ccc(-c%10nc(-c%11ccc(-n%12c%13cc%14c%15ccccc%15n%15c%16ccccc%16c(c%13c%13ccc%16ccccc%16c%13%12)c%14%15)cc%11)nc%11c%10sc%10ccccc%10%11)cc9)c8)cc7c(c4c4ccc7ccccc7c43)c56)c3sc4ccccc4c3n2)cc1. The molecule has 0 aliphatic rings. The zero-order valence-corrected chi connectivity index (χ0v) is 60.2. The summed E-state index contributed by atoms with van der Waals surface area (Å²) in [5.74, 6) is 2.27. The van der Waals surface area contributed by atoms with Gasteiger partial charge in [-0.1, -0.05) is 243 Å². The molecule has 10 aromatic heterocycles. The normalized spacial score (nSPS) is 12.5. The Morgan fingerprint density at radius 1 is 0.227 bits per heavy atom. The molecule has 26 rings (SSSR count). The molecule has 0 radical (unpaired) electrons. The smallest absolute Gasteiger partial charge is 0.162 e. The number of hydrogen-bond donors (Lipinski definition) is 0. The van der Waals surface area contributed by atoms with E-state index in [-0.39, 0.29) is 0 Å². The monoisotopic (exact) mass is 1430 g/mol. The molecule has 0 aliphatic heterocycles. The molecule has 0 bridgehead atoms. The van der Waals surface area contributed by atoms with E-state index in [1.807, 2.05) is 0 Å². The third-order valence-corrected chi connectivity index (χ3v) is 26.1. The average molecular weight is 1430 g/mol. The third-order valence-electron chi connectivity index (χ3n) is 23.8. The number of nitrogens with zero attached hydrogens (tertiary/aromatic N) is 8. The van der Waals surface area contributed by atoms with Gasteiger partial charge in [-0.25, -0.2) is 19.9 Å². The van der Waals surface area contributed by atoms with Gasteiger partial charge in [-0.15, -0.1) is 22.7 Å². The molecule has 0 saturated heterocycles. The molecule has 0 aliphatic carbocycles. The maximum absolute atomic E-state index is 5.70. The summed E-state index contributed by atoms with van der Waals surface area (Å²) in [6.07, 6.45) is 0. The van der Waals surface area contributed by atoms with Crippen molar-refractivity contribution < 1.29 is 0 Å². The van der Waals surface area contributed by atoms with Crippen LogP contribution in [0.2, 0.25) is 0 Å². The lowest BCUT2D eigenvalue weighted by atomic mass is 9.96. The van der Waals surface area contributed by atoms with Gasteiger partial charge in [-0.3, -0.25) is 4.57 Å². The zero-order chi connectivity index (χ0) is 71.3. The summed E-state index contributed by atoms with van der Waals surface area (Å²) >= 11 is 3.54. The van der Waals surface area contributed by atoms with Crippen LogP contribution in [0.4, 0.5) is 0 Å². The second-order valence-electron chi connectivity index (χ2n) is 29.5. The molecule has 10 heteroatoms. The van der Waals surface area contributed by atoms with Crippen LogP contribution in [-0.4, -0.2) is 37.9 Å². The fraction of sp³-hybridized carbons (Fsp3) is 0. The van der Waals surface area contributed by atoms with E-state index in [0.29, 0.717) is 11.6 Å². The molecule has 8 nitrogen and oxygen atoms in total. The van der Waals surface area contributed by atoms with Crippen molar-refractivity contribution in [3.8, 4) is 67.8 Å². The number of fused-ring (bicyclic) bond motifs is 30. The standard InChI is InChI=1S/C100H54N8S2/c1-2-21-59(22-3-1)99-103-91-71-31-12-17-36-84(71)110-97(91)100(104-99)108-82-54-75-68-28-9-14-33-78(68)107-80-50-45-63(52-76(80)88(95(75)107)86(82)73-49-44-57-20-5-7-26-66(57)93(73)108)62-24-18-23-61(51-62)55-37-39-58(40-38-55)89-96-90(70-30-11-16-35-83(70)109-96)102-98(101-89)60-41-46-64(47-42-60)105-81-53-74-67-27-8-13-32-77(67)106-79-34-15-10-29-69(79)87(94(74)106)85(81)72-48-43-56-19-4-6-25-65(56)92(72)105/h1-54H. The first kappa shape index (κ1) is 59.0. The first-order chi connectivity index (χ1) is 54.6. The van der Waals surface area contributed by atoms with E-state index in [1.165, 1.54) is 140 Å². The Morgan fingerprint density at radius 2 is 0.673 bits per heavy atom. The minimum absolute atomic E-state index is 0.689. The van der Waals surface area contributed by atoms with Gasteiger partial charge in [-0.2, -0.15) is 0 Å². The fourth-order valence-electron chi connectivity index (χ4n) is 19.1. The topological polar surface area (TPSA) is 70.2 Å². The summed E-state index contributed by atoms with van der Waals surface area (Å²) in [5.41, 5.74) is 23.4. The minimum Gasteiger partial charge on any atom is -0.309 e. The summed E-state index contributed by atoms with van der Waals surface area (Å²) in [5, 5.41) is 21.9. The van der Waals surface area contributed by atoms with E-state index in [4.69, 9.17) is 19.9 Å². The highest BCUT2D eigenvalue weighted by atomic mass is 32.1. The molecular formula is C100H54N8S2. The predicted octanol–water partition coefficient (Wildman–Crippen LogP) is 27.1. The fourth-order valence-corrected chi connectivity index (χ4v) is 21.4. The van der Waals surface area contributed by atoms with Gasteiger partial charge in [-0.05, 0) is 118 Å². The summed E-state index contributed by atoms with van der Waals surface area (Å²) in [6, 6.07) is 121. The number of rotatable bonds is 7. The van der Waals surface area contributed by atoms with Crippen molar-refractivity contribution in [2.75, 3.05) is 0 Å². The lowest BCUT2D eigenvalue weighted by Crippen LogP contribution is -2.02. The van der Waals surface area contributed by atoms with E-state index >= 15 is 0 Å². The lowest BCUT2D eigenvalue weighted by molar-refractivity contribution is 1.09. The van der Waals surface area contributed by atoms with Crippen molar-refractivity contribution in [3.05, 3.63) is 328 Å². The number of para-hydroxylation sites is 3. The van der Waals surface area contributed by atoms with Gasteiger partial charge < -0.3 is 13.4 Å². The van der Waals surface area contributed by atoms with Crippen molar-refractivity contribution in [3.63, 3.8) is 0 Å². The van der Waals surface area contributed by atoms with Crippen molar-refractivity contribution in [1.29, 1.82) is 0 Å². The molecule has 0 atom stereocenters. The van der Waals surface area contributed by atoms with Gasteiger partial charge >= 0.3 is 0 Å². The largest absolute Gasteiger partial charge is 0.309 e. The molecule has 0 spiro atoms. The van der Waals surface area contributed by atoms with E-state index in [1.54, 1.807) is 22.7 Å². The van der Waals surface area contributed by atoms with E-state index in [0.717, 1.165) is 98.4 Å². The second-order valence-corrected chi connectivity index (χ2v) is 31.6. The summed E-state index contributed by atoms with van der Waals surface area (Å²) in [7, 11) is 0. The Morgan fingerprint density at radius 3 is 1.32 bits per heavy atom. The van der Waals surface area contributed by atoms with Crippen molar-refractivity contribution in [2.24, 2.45) is 0 Å². The second kappa shape index (κ2) is 21.8. The van der Waals surface area contributed by atoms with Gasteiger partial charge in [0.15, 0.2) is 17.5 Å². The molecule has 16 aromatic carbocycles. The average Bonchev–Trinajstić information content (AvgIpc) is 1.52. The number of benzene rings is 16. The van der Waals surface area contributed by atoms with Crippen LogP contribution in [0.15, 0.2) is 328 Å². The molecule has 506 valence electrons. The quantitative estimate of drug-likeness (QED) is 0.159. The van der Waals surface area contributed by atoms with Gasteiger partial charge in [0, 0.05) is 118 Å². The van der Waals surface area contributed by atoms with Crippen LogP contribution in [-0.2, 0) is 0 Å². The van der Waals surface area contributed by atoms with Gasteiger partial charge in [0.25, 0.3) is 0 Å². The third kappa shape index (κ3) is 7.91. The molecule has 0 N–H and O–H groups in total. The van der Waals surface area contributed by atoms with E-state index in [9.17, 15) is 0 Å². The summed E-state index contributed by atoms with van der Waals surface area (Å²) < 4.78 is 14.5. The molecular weight excluding hydrogens is 1380 g/mol. The molecule has 0 saturated carbocycles. The van der Waals surface area contributed by atoms with Crippen LogP contribution >= 0.6 is 22.7 Å². The lowest BCUT2D eigenvalue weighted by Gasteiger charge is -2.12. The van der Waals surface area contributed by atoms with Crippen LogP contribution < -0.4 is 0 Å². The molecule has 0 fully saturated rings. The first-order valence-electron chi connectivity index (χ1n) is 37.4. The number of thiophene rings is 2. The van der Waals surface area contributed by atoms with Crippen LogP contribution in [0, 0.1) is 0 Å². The first-order valence-corrected chi connectivity index (χ1v) is 39.1. The van der Waals surface area contributed by atoms with Crippen LogP contribution in [0.5, 0.6) is 0 Å². The van der Waals surface area contributed by atoms with Crippen molar-refractivity contribution >= 4 is 205 Å². The molecule has 0 unspecified atom stereocenters. The Kier molecular flexibility index (Phi) is 11.7. The molecule has 0 amide bonds. The Balaban J connectivity index is 0.614. The molecule has 26 aromatic rings. The Hall–Kier alpha value is -14.2. The van der Waals surface area contributed by atoms with Crippen LogP contribution in [0.1, 0.15) is 0 Å². The van der Waals surface area contributed by atoms with Gasteiger partial charge in [0.1, 0.15) is 0 Å². The van der Waals surface area contributed by atoms with Gasteiger partial charge in [0.2, 0.25) is 0 Å². The summed E-state index contributed by atoms with van der Waals surface area (Å²) in [6.45, 7) is 0. The Bertz CT molecular complexity index is 8530. The highest BCUT2D eigenvalue weighted by Crippen LogP contribution is 2.53. The van der Waals surface area contributed by atoms with Crippen LogP contribution in [0.3, 0.4) is 0 Å². The maximum atomic E-state index is 5.70. The maximum Gasteiger partial charge on any atom is 0.162 e. The summed E-state index contributed by atoms with van der Waals surface area (Å²) in [4.78, 5) is 22.2. The highest BCUT2D eigenvalue weighted by molar-refractivity contribution is 7.26. The van der Waals surface area contributed by atoms with Gasteiger partial charge in [0.05, 0.1) is 81.3 Å². The Labute approximate surface area is 633 Å². The predicted molar refractivity (Wildman–Crippen MR) is 464 cm³/mol. The van der Waals surface area contributed by atoms with Crippen molar-refractivity contribution in [2.45, 2.75) is 0 Å². The van der Waals surface area contributed by atoms with Crippen LogP contribution in [0.25, 0.3) is 250 Å².